The Morgan fingerprint density at radius 1 is 1.25 bits per heavy atom. The van der Waals surface area contributed by atoms with Crippen LogP contribution in [0.3, 0.4) is 0 Å². The van der Waals surface area contributed by atoms with Crippen molar-refractivity contribution < 1.29 is 31.5 Å². The van der Waals surface area contributed by atoms with Crippen molar-refractivity contribution >= 4 is 27.0 Å². The second kappa shape index (κ2) is 6.51. The molecular weight excluding hydrogens is 403 g/mol. The summed E-state index contributed by atoms with van der Waals surface area (Å²) < 4.78 is 64.7. The van der Waals surface area contributed by atoms with E-state index in [4.69, 9.17) is 5.11 Å². The quantitative estimate of drug-likeness (QED) is 0.685. The highest BCUT2D eigenvalue weighted by molar-refractivity contribution is 7.91. The fourth-order valence-corrected chi connectivity index (χ4v) is 3.51. The molecule has 28 heavy (non-hydrogen) atoms. The van der Waals surface area contributed by atoms with Gasteiger partial charge in [0.25, 0.3) is 0 Å². The molecule has 3 aromatic rings. The van der Waals surface area contributed by atoms with E-state index in [1.165, 1.54) is 18.5 Å². The number of carbonyl (C=O) groups is 1. The molecule has 0 bridgehead atoms. The average Bonchev–Trinajstić information content (AvgIpc) is 2.96. The second-order valence-corrected chi connectivity index (χ2v) is 7.96. The van der Waals surface area contributed by atoms with Crippen LogP contribution >= 0.6 is 0 Å². The van der Waals surface area contributed by atoms with Gasteiger partial charge in [-0.25, -0.2) is 18.2 Å². The van der Waals surface area contributed by atoms with Crippen LogP contribution in [0.4, 0.5) is 13.2 Å². The van der Waals surface area contributed by atoms with E-state index in [1.54, 1.807) is 0 Å². The molecule has 3 heterocycles. The molecule has 0 saturated heterocycles. The number of carboxylic acids is 1. The number of carboxylic acid groups (broad SMARTS) is 1. The molecule has 3 rings (SSSR count). The third kappa shape index (κ3) is 3.28. The van der Waals surface area contributed by atoms with Crippen LogP contribution in [-0.2, 0) is 23.1 Å². The highest BCUT2D eigenvalue weighted by Gasteiger charge is 2.34. The third-order valence-corrected chi connectivity index (χ3v) is 5.68. The number of imidazole rings is 1. The summed E-state index contributed by atoms with van der Waals surface area (Å²) in [5.41, 5.74) is -1.98. The molecule has 0 radical (unpaired) electrons. The maximum absolute atomic E-state index is 12.8. The summed E-state index contributed by atoms with van der Waals surface area (Å²) in [5.74, 6) is -1.81. The van der Waals surface area contributed by atoms with Crippen molar-refractivity contribution in [1.29, 1.82) is 0 Å². The Labute approximate surface area is 155 Å². The van der Waals surface area contributed by atoms with Crippen molar-refractivity contribution in [3.8, 4) is 11.5 Å². The zero-order valence-corrected chi connectivity index (χ0v) is 15.2. The molecule has 0 amide bonds. The number of halogens is 3. The van der Waals surface area contributed by atoms with Crippen LogP contribution in [0, 0.1) is 0 Å². The smallest absolute Gasteiger partial charge is 0.435 e. The first kappa shape index (κ1) is 19.7. The minimum absolute atomic E-state index is 0.0213. The summed E-state index contributed by atoms with van der Waals surface area (Å²) in [6.45, 7) is 1.36. The normalized spacial score (nSPS) is 12.5. The summed E-state index contributed by atoms with van der Waals surface area (Å²) in [6.07, 6.45) is -3.78. The van der Waals surface area contributed by atoms with E-state index in [0.29, 0.717) is 6.07 Å². The lowest BCUT2D eigenvalue weighted by Crippen LogP contribution is -2.11. The molecule has 0 aliphatic rings. The molecule has 0 atom stereocenters. The van der Waals surface area contributed by atoms with E-state index in [1.807, 2.05) is 0 Å². The van der Waals surface area contributed by atoms with E-state index in [-0.39, 0.29) is 34.0 Å². The molecule has 0 saturated carbocycles. The Balaban J connectivity index is 2.30. The predicted molar refractivity (Wildman–Crippen MR) is 89.2 cm³/mol. The topological polar surface area (TPSA) is 128 Å². The van der Waals surface area contributed by atoms with E-state index >= 15 is 0 Å². The summed E-state index contributed by atoms with van der Waals surface area (Å²) in [6, 6.07) is 1.63. The van der Waals surface area contributed by atoms with E-state index in [0.717, 1.165) is 12.3 Å². The van der Waals surface area contributed by atoms with Gasteiger partial charge in [0.05, 0.1) is 16.2 Å². The van der Waals surface area contributed by atoms with Gasteiger partial charge in [-0.05, 0) is 6.07 Å². The van der Waals surface area contributed by atoms with Gasteiger partial charge in [0, 0.05) is 19.3 Å². The fraction of sp³-hybridized carbons (Fsp3) is 0.267. The molecule has 9 nitrogen and oxygen atoms in total. The third-order valence-electron chi connectivity index (χ3n) is 3.93. The highest BCUT2D eigenvalue weighted by Crippen LogP contribution is 2.31. The molecule has 0 spiro atoms. The average molecular weight is 415 g/mol. The Hall–Kier alpha value is -3.09. The number of aryl methyl sites for hydroxylation is 1. The number of nitrogens with zero attached hydrogens (tertiary/aromatic N) is 5. The van der Waals surface area contributed by atoms with Gasteiger partial charge in [0.2, 0.25) is 0 Å². The summed E-state index contributed by atoms with van der Waals surface area (Å²) in [5, 5.41) is 15.7. The largest absolute Gasteiger partial charge is 0.478 e. The fourth-order valence-electron chi connectivity index (χ4n) is 2.46. The monoisotopic (exact) mass is 415 g/mol. The highest BCUT2D eigenvalue weighted by atomic mass is 32.2. The minimum Gasteiger partial charge on any atom is -0.478 e. The van der Waals surface area contributed by atoms with Gasteiger partial charge < -0.3 is 9.67 Å². The van der Waals surface area contributed by atoms with Crippen molar-refractivity contribution in [3.05, 3.63) is 29.6 Å². The first-order valence-corrected chi connectivity index (χ1v) is 9.34. The minimum atomic E-state index is -4.73. The second-order valence-electron chi connectivity index (χ2n) is 5.71. The zero-order valence-electron chi connectivity index (χ0n) is 14.4. The molecule has 0 aromatic carbocycles. The Kier molecular flexibility index (Phi) is 4.57. The summed E-state index contributed by atoms with van der Waals surface area (Å²) in [4.78, 5) is 18.7. The maximum atomic E-state index is 12.8. The van der Waals surface area contributed by atoms with E-state index < -0.39 is 32.6 Å². The van der Waals surface area contributed by atoms with Gasteiger partial charge in [-0.3, -0.25) is 4.98 Å². The van der Waals surface area contributed by atoms with E-state index in [9.17, 15) is 26.4 Å². The van der Waals surface area contributed by atoms with Gasteiger partial charge in [0.15, 0.2) is 27.0 Å². The lowest BCUT2D eigenvalue weighted by molar-refractivity contribution is -0.141. The molecule has 3 aromatic heterocycles. The summed E-state index contributed by atoms with van der Waals surface area (Å²) >= 11 is 0. The number of aromatic carboxylic acids is 1. The molecular formula is C15H12F3N5O4S. The Morgan fingerprint density at radius 3 is 2.50 bits per heavy atom. The van der Waals surface area contributed by atoms with Crippen LogP contribution in [0.5, 0.6) is 0 Å². The van der Waals surface area contributed by atoms with Crippen LogP contribution in [0.2, 0.25) is 0 Å². The van der Waals surface area contributed by atoms with Gasteiger partial charge in [-0.2, -0.15) is 13.2 Å². The zero-order chi connectivity index (χ0) is 20.9. The number of fused-ring (bicyclic) bond motifs is 1. The van der Waals surface area contributed by atoms with Crippen molar-refractivity contribution in [2.45, 2.75) is 18.0 Å². The van der Waals surface area contributed by atoms with Gasteiger partial charge in [0.1, 0.15) is 11.2 Å². The molecule has 0 aliphatic heterocycles. The van der Waals surface area contributed by atoms with Crippen molar-refractivity contribution in [2.24, 2.45) is 7.05 Å². The molecule has 0 aliphatic carbocycles. The first-order chi connectivity index (χ1) is 13.0. The van der Waals surface area contributed by atoms with Crippen LogP contribution in [-0.4, -0.2) is 50.0 Å². The number of sulfone groups is 1. The summed E-state index contributed by atoms with van der Waals surface area (Å²) in [7, 11) is -2.51. The first-order valence-electron chi connectivity index (χ1n) is 7.69. The Bertz CT molecular complexity index is 1200. The van der Waals surface area contributed by atoms with Crippen LogP contribution in [0.15, 0.2) is 23.2 Å². The standard InChI is InChI=1S/C15H12F3N5O4S/c1-3-28(26,27)9-4-7(14(24)25)6-19-11(9)13-20-8-5-10(15(16,17)18)21-22-12(8)23(13)2/h4-6H,3H2,1-2H3,(H,24,25). The number of aromatic nitrogens is 5. The van der Waals surface area contributed by atoms with E-state index in [2.05, 4.69) is 20.2 Å². The van der Waals surface area contributed by atoms with Gasteiger partial charge in [-0.15, -0.1) is 10.2 Å². The molecule has 148 valence electrons. The van der Waals surface area contributed by atoms with Crippen LogP contribution in [0.25, 0.3) is 22.7 Å². The molecule has 13 heteroatoms. The number of alkyl halides is 3. The van der Waals surface area contributed by atoms with Gasteiger partial charge in [-0.1, -0.05) is 6.92 Å². The number of rotatable bonds is 4. The maximum Gasteiger partial charge on any atom is 0.435 e. The molecule has 0 fully saturated rings. The lowest BCUT2D eigenvalue weighted by atomic mass is 10.2. The van der Waals surface area contributed by atoms with Gasteiger partial charge >= 0.3 is 12.1 Å². The van der Waals surface area contributed by atoms with Crippen LogP contribution in [0.1, 0.15) is 23.0 Å². The van der Waals surface area contributed by atoms with Crippen molar-refractivity contribution in [2.75, 3.05) is 5.75 Å². The number of pyridine rings is 1. The molecule has 1 N–H and O–H groups in total. The SMILES string of the molecule is CCS(=O)(=O)c1cc(C(=O)O)cnc1-c1nc2cc(C(F)(F)F)nnc2n1C. The predicted octanol–water partition coefficient (Wildman–Crippen LogP) is 1.94. The van der Waals surface area contributed by atoms with Crippen molar-refractivity contribution in [1.82, 2.24) is 24.7 Å². The van der Waals surface area contributed by atoms with Crippen LogP contribution < -0.4 is 0 Å². The Morgan fingerprint density at radius 2 is 1.93 bits per heavy atom. The molecule has 0 unspecified atom stereocenters. The lowest BCUT2D eigenvalue weighted by Gasteiger charge is -2.09. The number of hydrogen-bond donors (Lipinski definition) is 1. The van der Waals surface area contributed by atoms with Crippen molar-refractivity contribution in [3.63, 3.8) is 0 Å². The number of hydrogen-bond acceptors (Lipinski definition) is 7.